The molecule has 0 aliphatic carbocycles. The SMILES string of the molecule is CN(C)c1ccc(-c2ncc(I)c(Cl)n2)cc1. The number of aromatic nitrogens is 2. The topological polar surface area (TPSA) is 29.0 Å². The van der Waals surface area contributed by atoms with Crippen LogP contribution in [-0.4, -0.2) is 24.1 Å². The molecule has 0 spiro atoms. The van der Waals surface area contributed by atoms with Crippen LogP contribution in [0.25, 0.3) is 11.4 Å². The molecule has 0 bridgehead atoms. The summed E-state index contributed by atoms with van der Waals surface area (Å²) in [5, 5.41) is 0.493. The van der Waals surface area contributed by atoms with Crippen molar-refractivity contribution in [3.05, 3.63) is 39.2 Å². The predicted molar refractivity (Wildman–Crippen MR) is 79.5 cm³/mol. The molecular weight excluding hydrogens is 349 g/mol. The van der Waals surface area contributed by atoms with Gasteiger partial charge in [-0.05, 0) is 46.9 Å². The van der Waals surface area contributed by atoms with Crippen molar-refractivity contribution >= 4 is 39.9 Å². The van der Waals surface area contributed by atoms with Gasteiger partial charge in [0.2, 0.25) is 0 Å². The summed E-state index contributed by atoms with van der Waals surface area (Å²) in [5.74, 6) is 0.653. The van der Waals surface area contributed by atoms with Gasteiger partial charge in [0.15, 0.2) is 5.82 Å². The standard InChI is InChI=1S/C12H11ClIN3/c1-17(2)9-5-3-8(4-6-9)12-15-7-10(14)11(13)16-12/h3-7H,1-2H3. The van der Waals surface area contributed by atoms with E-state index in [-0.39, 0.29) is 0 Å². The van der Waals surface area contributed by atoms with Gasteiger partial charge in [0.05, 0.1) is 3.57 Å². The second-order valence-corrected chi connectivity index (χ2v) is 5.29. The first-order chi connectivity index (χ1) is 8.08. The van der Waals surface area contributed by atoms with Crippen molar-refractivity contribution in [3.8, 4) is 11.4 Å². The summed E-state index contributed by atoms with van der Waals surface area (Å²) in [6, 6.07) is 8.05. The Morgan fingerprint density at radius 2 is 1.82 bits per heavy atom. The van der Waals surface area contributed by atoms with Crippen LogP contribution in [0.3, 0.4) is 0 Å². The average molecular weight is 360 g/mol. The van der Waals surface area contributed by atoms with Crippen molar-refractivity contribution in [1.82, 2.24) is 9.97 Å². The van der Waals surface area contributed by atoms with E-state index in [1.165, 1.54) is 0 Å². The van der Waals surface area contributed by atoms with Gasteiger partial charge < -0.3 is 4.90 Å². The second kappa shape index (κ2) is 5.18. The van der Waals surface area contributed by atoms with Crippen LogP contribution in [0.2, 0.25) is 5.15 Å². The molecule has 0 atom stereocenters. The van der Waals surface area contributed by atoms with Gasteiger partial charge in [-0.1, -0.05) is 11.6 Å². The Hall–Kier alpha value is -0.880. The van der Waals surface area contributed by atoms with Crippen molar-refractivity contribution in [2.45, 2.75) is 0 Å². The highest BCUT2D eigenvalue weighted by Gasteiger charge is 2.05. The third kappa shape index (κ3) is 2.87. The van der Waals surface area contributed by atoms with E-state index in [2.05, 4.69) is 32.6 Å². The fourth-order valence-electron chi connectivity index (χ4n) is 1.39. The fourth-order valence-corrected chi connectivity index (χ4v) is 1.78. The summed E-state index contributed by atoms with van der Waals surface area (Å²) >= 11 is 8.09. The Morgan fingerprint density at radius 1 is 1.18 bits per heavy atom. The zero-order valence-corrected chi connectivity index (χ0v) is 12.4. The molecule has 2 rings (SSSR count). The number of nitrogens with zero attached hydrogens (tertiary/aromatic N) is 3. The summed E-state index contributed by atoms with van der Waals surface area (Å²) in [5.41, 5.74) is 2.11. The van der Waals surface area contributed by atoms with E-state index in [1.54, 1.807) is 6.20 Å². The lowest BCUT2D eigenvalue weighted by molar-refractivity contribution is 1.13. The molecule has 1 aromatic carbocycles. The molecule has 0 saturated carbocycles. The van der Waals surface area contributed by atoms with Crippen molar-refractivity contribution in [2.24, 2.45) is 0 Å². The quantitative estimate of drug-likeness (QED) is 0.607. The molecule has 3 nitrogen and oxygen atoms in total. The maximum atomic E-state index is 5.98. The van der Waals surface area contributed by atoms with Gasteiger partial charge in [0.1, 0.15) is 5.15 Å². The monoisotopic (exact) mass is 359 g/mol. The van der Waals surface area contributed by atoms with E-state index in [0.29, 0.717) is 11.0 Å². The van der Waals surface area contributed by atoms with Gasteiger partial charge in [-0.2, -0.15) is 0 Å². The van der Waals surface area contributed by atoms with Gasteiger partial charge in [-0.15, -0.1) is 0 Å². The number of rotatable bonds is 2. The first kappa shape index (κ1) is 12.6. The van der Waals surface area contributed by atoms with Crippen molar-refractivity contribution < 1.29 is 0 Å². The first-order valence-corrected chi connectivity index (χ1v) is 6.49. The minimum absolute atomic E-state index is 0.493. The van der Waals surface area contributed by atoms with E-state index < -0.39 is 0 Å². The molecule has 0 saturated heterocycles. The summed E-state index contributed by atoms with van der Waals surface area (Å²) in [7, 11) is 4.01. The first-order valence-electron chi connectivity index (χ1n) is 5.04. The van der Waals surface area contributed by atoms with Gasteiger partial charge in [0.25, 0.3) is 0 Å². The highest BCUT2D eigenvalue weighted by Crippen LogP contribution is 2.22. The molecule has 1 aromatic heterocycles. The molecule has 0 aliphatic heterocycles. The van der Waals surface area contributed by atoms with Crippen LogP contribution in [0.1, 0.15) is 0 Å². The van der Waals surface area contributed by atoms with Crippen LogP contribution >= 0.6 is 34.2 Å². The Labute approximate surface area is 119 Å². The van der Waals surface area contributed by atoms with Crippen molar-refractivity contribution in [2.75, 3.05) is 19.0 Å². The summed E-state index contributed by atoms with van der Waals surface area (Å²) in [6.07, 6.45) is 1.73. The third-order valence-electron chi connectivity index (χ3n) is 2.34. The van der Waals surface area contributed by atoms with Crippen LogP contribution in [0.4, 0.5) is 5.69 Å². The van der Waals surface area contributed by atoms with E-state index in [1.807, 2.05) is 43.3 Å². The van der Waals surface area contributed by atoms with Gasteiger partial charge in [-0.3, -0.25) is 0 Å². The largest absolute Gasteiger partial charge is 0.378 e. The van der Waals surface area contributed by atoms with E-state index in [9.17, 15) is 0 Å². The molecule has 0 aliphatic rings. The third-order valence-corrected chi connectivity index (χ3v) is 3.74. The number of anilines is 1. The van der Waals surface area contributed by atoms with Crippen LogP contribution in [0, 0.1) is 3.57 Å². The number of halogens is 2. The molecule has 88 valence electrons. The highest BCUT2D eigenvalue weighted by atomic mass is 127. The summed E-state index contributed by atoms with van der Waals surface area (Å²) in [6.45, 7) is 0. The molecule has 0 fully saturated rings. The molecule has 0 amide bonds. The normalized spacial score (nSPS) is 10.4. The van der Waals surface area contributed by atoms with Crippen LogP contribution in [0.15, 0.2) is 30.5 Å². The zero-order valence-electron chi connectivity index (χ0n) is 9.48. The van der Waals surface area contributed by atoms with Crippen molar-refractivity contribution in [3.63, 3.8) is 0 Å². The minimum Gasteiger partial charge on any atom is -0.378 e. The molecule has 1 heterocycles. The Bertz CT molecular complexity index is 526. The summed E-state index contributed by atoms with van der Waals surface area (Å²) < 4.78 is 0.859. The maximum Gasteiger partial charge on any atom is 0.160 e. The predicted octanol–water partition coefficient (Wildman–Crippen LogP) is 3.47. The van der Waals surface area contributed by atoms with Crippen LogP contribution < -0.4 is 4.90 Å². The van der Waals surface area contributed by atoms with Crippen molar-refractivity contribution in [1.29, 1.82) is 0 Å². The van der Waals surface area contributed by atoms with E-state index >= 15 is 0 Å². The lowest BCUT2D eigenvalue weighted by atomic mass is 10.2. The molecule has 5 heteroatoms. The molecule has 0 unspecified atom stereocenters. The Balaban J connectivity index is 2.36. The molecule has 2 aromatic rings. The van der Waals surface area contributed by atoms with E-state index in [4.69, 9.17) is 11.6 Å². The summed E-state index contributed by atoms with van der Waals surface area (Å²) in [4.78, 5) is 10.6. The van der Waals surface area contributed by atoms with Gasteiger partial charge in [-0.25, -0.2) is 9.97 Å². The number of hydrogen-bond donors (Lipinski definition) is 0. The van der Waals surface area contributed by atoms with Gasteiger partial charge >= 0.3 is 0 Å². The molecule has 0 radical (unpaired) electrons. The minimum atomic E-state index is 0.493. The fraction of sp³-hybridized carbons (Fsp3) is 0.167. The molecule has 17 heavy (non-hydrogen) atoms. The van der Waals surface area contributed by atoms with E-state index in [0.717, 1.165) is 14.8 Å². The zero-order chi connectivity index (χ0) is 12.4. The molecule has 0 N–H and O–H groups in total. The maximum absolute atomic E-state index is 5.98. The van der Waals surface area contributed by atoms with Crippen LogP contribution in [0.5, 0.6) is 0 Å². The lowest BCUT2D eigenvalue weighted by Gasteiger charge is -2.12. The second-order valence-electron chi connectivity index (χ2n) is 3.77. The van der Waals surface area contributed by atoms with Gasteiger partial charge in [0, 0.05) is 31.5 Å². The average Bonchev–Trinajstić information content (AvgIpc) is 2.33. The Morgan fingerprint density at radius 3 is 2.35 bits per heavy atom. The number of benzene rings is 1. The smallest absolute Gasteiger partial charge is 0.160 e. The number of hydrogen-bond acceptors (Lipinski definition) is 3. The molecular formula is C12H11ClIN3. The lowest BCUT2D eigenvalue weighted by Crippen LogP contribution is -2.08. The highest BCUT2D eigenvalue weighted by molar-refractivity contribution is 14.1. The van der Waals surface area contributed by atoms with Crippen LogP contribution in [-0.2, 0) is 0 Å². The Kier molecular flexibility index (Phi) is 3.83.